The molecule has 0 aliphatic heterocycles. The molecule has 2 aromatic rings. The summed E-state index contributed by atoms with van der Waals surface area (Å²) in [6.45, 7) is 3.22. The van der Waals surface area contributed by atoms with Crippen LogP contribution in [0.3, 0.4) is 0 Å². The summed E-state index contributed by atoms with van der Waals surface area (Å²) in [5, 5.41) is 4.48. The van der Waals surface area contributed by atoms with Crippen molar-refractivity contribution in [3.63, 3.8) is 0 Å². The third-order valence-electron chi connectivity index (χ3n) is 2.74. The van der Waals surface area contributed by atoms with Gasteiger partial charge < -0.3 is 10.3 Å². The molecule has 2 nitrogen and oxygen atoms in total. The fraction of sp³-hybridized carbons (Fsp3) is 0.333. The molecule has 0 bridgehead atoms. The lowest BCUT2D eigenvalue weighted by atomic mass is 10.0. The summed E-state index contributed by atoms with van der Waals surface area (Å²) in [6.07, 6.45) is 3.09. The van der Waals surface area contributed by atoms with Crippen molar-refractivity contribution < 1.29 is 0 Å². The number of aromatic nitrogens is 1. The van der Waals surface area contributed by atoms with Gasteiger partial charge in [0.2, 0.25) is 0 Å². The molecule has 2 rings (SSSR count). The molecule has 0 aliphatic rings. The first-order valence-corrected chi connectivity index (χ1v) is 5.03. The predicted octanol–water partition coefficient (Wildman–Crippen LogP) is 2.24. The highest BCUT2D eigenvalue weighted by molar-refractivity contribution is 5.83. The highest BCUT2D eigenvalue weighted by Gasteiger charge is 2.03. The van der Waals surface area contributed by atoms with Crippen molar-refractivity contribution in [1.82, 2.24) is 10.3 Å². The lowest BCUT2D eigenvalue weighted by molar-refractivity contribution is 0.789. The van der Waals surface area contributed by atoms with Crippen LogP contribution < -0.4 is 5.32 Å². The van der Waals surface area contributed by atoms with Crippen LogP contribution >= 0.6 is 0 Å². The van der Waals surface area contributed by atoms with Crippen molar-refractivity contribution >= 4 is 10.9 Å². The van der Waals surface area contributed by atoms with Crippen molar-refractivity contribution in [1.29, 1.82) is 0 Å². The van der Waals surface area contributed by atoms with E-state index in [2.05, 4.69) is 35.4 Å². The molecular formula is C12H16N2. The fourth-order valence-corrected chi connectivity index (χ4v) is 1.85. The van der Waals surface area contributed by atoms with Gasteiger partial charge in [0.1, 0.15) is 0 Å². The van der Waals surface area contributed by atoms with Gasteiger partial charge in [-0.15, -0.1) is 0 Å². The number of nitrogens with one attached hydrogen (secondary N) is 2. The smallest absolute Gasteiger partial charge is 0.0486 e. The summed E-state index contributed by atoms with van der Waals surface area (Å²) < 4.78 is 0. The van der Waals surface area contributed by atoms with Crippen molar-refractivity contribution in [2.45, 2.75) is 13.3 Å². The number of aromatic amines is 1. The minimum absolute atomic E-state index is 1.03. The van der Waals surface area contributed by atoms with Crippen molar-refractivity contribution in [2.24, 2.45) is 0 Å². The van der Waals surface area contributed by atoms with Crippen LogP contribution in [-0.4, -0.2) is 18.6 Å². The second-order valence-corrected chi connectivity index (χ2v) is 3.65. The standard InChI is InChI=1S/C12H16N2/c1-9-10(5-7-13-2)3-4-11-6-8-14-12(9)11/h3-4,6,8,13-14H,5,7H2,1-2H3. The van der Waals surface area contributed by atoms with Gasteiger partial charge in [0.05, 0.1) is 0 Å². The molecule has 74 valence electrons. The molecule has 1 heterocycles. The van der Waals surface area contributed by atoms with Crippen LogP contribution in [0.2, 0.25) is 0 Å². The minimum Gasteiger partial charge on any atom is -0.361 e. The molecule has 0 saturated carbocycles. The molecule has 0 spiro atoms. The van der Waals surface area contributed by atoms with Crippen LogP contribution in [0.25, 0.3) is 10.9 Å². The molecule has 2 N–H and O–H groups in total. The molecule has 0 aliphatic carbocycles. The van der Waals surface area contributed by atoms with Crippen LogP contribution in [0.4, 0.5) is 0 Å². The topological polar surface area (TPSA) is 27.8 Å². The molecule has 1 aromatic carbocycles. The van der Waals surface area contributed by atoms with E-state index in [4.69, 9.17) is 0 Å². The average molecular weight is 188 g/mol. The first kappa shape index (κ1) is 9.28. The zero-order valence-electron chi connectivity index (χ0n) is 8.72. The van der Waals surface area contributed by atoms with Gasteiger partial charge in [0.25, 0.3) is 0 Å². The molecule has 0 radical (unpaired) electrons. The van der Waals surface area contributed by atoms with Gasteiger partial charge in [-0.25, -0.2) is 0 Å². The van der Waals surface area contributed by atoms with Crippen LogP contribution in [0.1, 0.15) is 11.1 Å². The molecule has 0 atom stereocenters. The third kappa shape index (κ3) is 1.53. The second-order valence-electron chi connectivity index (χ2n) is 3.65. The van der Waals surface area contributed by atoms with E-state index in [9.17, 15) is 0 Å². The Bertz CT molecular complexity index is 429. The summed E-state index contributed by atoms with van der Waals surface area (Å²) in [6, 6.07) is 6.52. The molecule has 14 heavy (non-hydrogen) atoms. The molecule has 2 heteroatoms. The Hall–Kier alpha value is -1.28. The third-order valence-corrected chi connectivity index (χ3v) is 2.74. The lowest BCUT2D eigenvalue weighted by Gasteiger charge is -2.06. The molecule has 1 aromatic heterocycles. The number of aryl methyl sites for hydroxylation is 1. The maximum atomic E-state index is 3.28. The molecule has 0 amide bonds. The first-order valence-electron chi connectivity index (χ1n) is 5.03. The SMILES string of the molecule is CNCCc1ccc2cc[nH]c2c1C. The Morgan fingerprint density at radius 1 is 1.29 bits per heavy atom. The van der Waals surface area contributed by atoms with E-state index in [0.29, 0.717) is 0 Å². The van der Waals surface area contributed by atoms with E-state index in [-0.39, 0.29) is 0 Å². The zero-order chi connectivity index (χ0) is 9.97. The van der Waals surface area contributed by atoms with Gasteiger partial charge in [-0.3, -0.25) is 0 Å². The summed E-state index contributed by atoms with van der Waals surface area (Å²) in [5.41, 5.74) is 4.08. The Morgan fingerprint density at radius 2 is 2.14 bits per heavy atom. The van der Waals surface area contributed by atoms with E-state index in [1.54, 1.807) is 0 Å². The first-order chi connectivity index (χ1) is 6.83. The van der Waals surface area contributed by atoms with Gasteiger partial charge in [-0.1, -0.05) is 12.1 Å². The van der Waals surface area contributed by atoms with Crippen molar-refractivity contribution in [2.75, 3.05) is 13.6 Å². The largest absolute Gasteiger partial charge is 0.361 e. The normalized spacial score (nSPS) is 11.0. The van der Waals surface area contributed by atoms with Gasteiger partial charge in [0.15, 0.2) is 0 Å². The summed E-state index contributed by atoms with van der Waals surface area (Å²) in [5.74, 6) is 0. The Labute approximate surface area is 84.3 Å². The van der Waals surface area contributed by atoms with Gasteiger partial charge >= 0.3 is 0 Å². The highest BCUT2D eigenvalue weighted by atomic mass is 14.8. The van der Waals surface area contributed by atoms with E-state index in [0.717, 1.165) is 13.0 Å². The number of fused-ring (bicyclic) bond motifs is 1. The number of rotatable bonds is 3. The summed E-state index contributed by atoms with van der Waals surface area (Å²) in [7, 11) is 1.99. The second kappa shape index (κ2) is 3.84. The van der Waals surface area contributed by atoms with Gasteiger partial charge in [0, 0.05) is 11.7 Å². The maximum absolute atomic E-state index is 3.28. The van der Waals surface area contributed by atoms with Gasteiger partial charge in [-0.2, -0.15) is 0 Å². The molecular weight excluding hydrogens is 172 g/mol. The van der Waals surface area contributed by atoms with E-state index in [1.165, 1.54) is 22.0 Å². The minimum atomic E-state index is 1.03. The van der Waals surface area contributed by atoms with Crippen LogP contribution in [-0.2, 0) is 6.42 Å². The van der Waals surface area contributed by atoms with Gasteiger partial charge in [-0.05, 0) is 49.5 Å². The summed E-state index contributed by atoms with van der Waals surface area (Å²) >= 11 is 0. The van der Waals surface area contributed by atoms with Crippen molar-refractivity contribution in [3.05, 3.63) is 35.5 Å². The van der Waals surface area contributed by atoms with E-state index < -0.39 is 0 Å². The Morgan fingerprint density at radius 3 is 2.93 bits per heavy atom. The number of benzene rings is 1. The predicted molar refractivity (Wildman–Crippen MR) is 60.7 cm³/mol. The Balaban J connectivity index is 2.40. The van der Waals surface area contributed by atoms with Crippen LogP contribution in [0, 0.1) is 6.92 Å². The molecule has 0 fully saturated rings. The highest BCUT2D eigenvalue weighted by Crippen LogP contribution is 2.20. The number of likely N-dealkylation sites (N-methyl/N-ethyl adjacent to an activating group) is 1. The average Bonchev–Trinajstić information content (AvgIpc) is 2.66. The van der Waals surface area contributed by atoms with Crippen LogP contribution in [0.15, 0.2) is 24.4 Å². The zero-order valence-corrected chi connectivity index (χ0v) is 8.72. The monoisotopic (exact) mass is 188 g/mol. The molecule has 0 unspecified atom stereocenters. The molecule has 0 saturated heterocycles. The number of H-pyrrole nitrogens is 1. The van der Waals surface area contributed by atoms with Crippen LogP contribution in [0.5, 0.6) is 0 Å². The van der Waals surface area contributed by atoms with E-state index >= 15 is 0 Å². The fourth-order valence-electron chi connectivity index (χ4n) is 1.85. The van der Waals surface area contributed by atoms with Crippen molar-refractivity contribution in [3.8, 4) is 0 Å². The Kier molecular flexibility index (Phi) is 2.55. The maximum Gasteiger partial charge on any atom is 0.0486 e. The summed E-state index contributed by atoms with van der Waals surface area (Å²) in [4.78, 5) is 3.28. The quantitative estimate of drug-likeness (QED) is 0.759. The lowest BCUT2D eigenvalue weighted by Crippen LogP contribution is -2.11. The number of hydrogen-bond donors (Lipinski definition) is 2. The van der Waals surface area contributed by atoms with E-state index in [1.807, 2.05) is 13.2 Å². The number of hydrogen-bond acceptors (Lipinski definition) is 1.